The molecule has 1 aliphatic rings. The Labute approximate surface area is 90.2 Å². The van der Waals surface area contributed by atoms with E-state index in [0.29, 0.717) is 6.04 Å². The summed E-state index contributed by atoms with van der Waals surface area (Å²) in [5.74, 6) is -0.247. The van der Waals surface area contributed by atoms with Crippen molar-refractivity contribution in [1.82, 2.24) is 15.5 Å². The summed E-state index contributed by atoms with van der Waals surface area (Å²) in [4.78, 5) is 24.2. The van der Waals surface area contributed by atoms with E-state index < -0.39 is 6.03 Å². The van der Waals surface area contributed by atoms with E-state index in [9.17, 15) is 9.59 Å². The Kier molecular flexibility index (Phi) is 4.55. The van der Waals surface area contributed by atoms with Gasteiger partial charge in [-0.1, -0.05) is 12.8 Å². The van der Waals surface area contributed by atoms with Crippen LogP contribution in [0.3, 0.4) is 0 Å². The van der Waals surface area contributed by atoms with Crippen molar-refractivity contribution in [3.63, 3.8) is 0 Å². The Bertz CT molecular complexity index is 237. The molecule has 1 fully saturated rings. The van der Waals surface area contributed by atoms with Crippen LogP contribution < -0.4 is 10.6 Å². The first-order valence-electron chi connectivity index (χ1n) is 5.35. The number of rotatable bonds is 3. The Morgan fingerprint density at radius 2 is 1.93 bits per heavy atom. The lowest BCUT2D eigenvalue weighted by atomic mass is 10.2. The molecule has 5 nitrogen and oxygen atoms in total. The second-order valence-electron chi connectivity index (χ2n) is 3.98. The predicted octanol–water partition coefficient (Wildman–Crippen LogP) is 0.316. The topological polar surface area (TPSA) is 61.4 Å². The maximum atomic E-state index is 11.4. The van der Waals surface area contributed by atoms with Crippen molar-refractivity contribution in [3.8, 4) is 0 Å². The first kappa shape index (κ1) is 12.0. The SMILES string of the molecule is CNC(=O)NC(=O)CN(C)C1CCCC1. The molecule has 1 aliphatic carbocycles. The molecule has 0 saturated heterocycles. The van der Waals surface area contributed by atoms with Crippen molar-refractivity contribution in [1.29, 1.82) is 0 Å². The molecule has 0 aromatic heterocycles. The van der Waals surface area contributed by atoms with Gasteiger partial charge in [-0.2, -0.15) is 0 Å². The van der Waals surface area contributed by atoms with Gasteiger partial charge in [-0.15, -0.1) is 0 Å². The zero-order chi connectivity index (χ0) is 11.3. The molecule has 0 bridgehead atoms. The standard InChI is InChI=1S/C10H19N3O2/c1-11-10(15)12-9(14)7-13(2)8-5-3-4-6-8/h8H,3-7H2,1-2H3,(H2,11,12,14,15). The van der Waals surface area contributed by atoms with Gasteiger partial charge in [-0.3, -0.25) is 15.0 Å². The number of urea groups is 1. The molecule has 0 atom stereocenters. The molecule has 1 saturated carbocycles. The molecule has 1 rings (SSSR count). The molecule has 0 aromatic rings. The van der Waals surface area contributed by atoms with Crippen molar-refractivity contribution in [2.45, 2.75) is 31.7 Å². The molecule has 0 aromatic carbocycles. The second-order valence-corrected chi connectivity index (χ2v) is 3.98. The molecule has 2 N–H and O–H groups in total. The van der Waals surface area contributed by atoms with Crippen molar-refractivity contribution in [2.24, 2.45) is 0 Å². The third-order valence-electron chi connectivity index (χ3n) is 2.82. The summed E-state index contributed by atoms with van der Waals surface area (Å²) in [6.07, 6.45) is 4.80. The van der Waals surface area contributed by atoms with Crippen LogP contribution in [-0.2, 0) is 4.79 Å². The van der Waals surface area contributed by atoms with Gasteiger partial charge in [0.2, 0.25) is 5.91 Å². The smallest absolute Gasteiger partial charge is 0.321 e. The largest absolute Gasteiger partial charge is 0.341 e. The van der Waals surface area contributed by atoms with Gasteiger partial charge in [-0.05, 0) is 19.9 Å². The highest BCUT2D eigenvalue weighted by molar-refractivity contribution is 5.95. The minimum Gasteiger partial charge on any atom is -0.341 e. The maximum absolute atomic E-state index is 11.4. The van der Waals surface area contributed by atoms with Crippen molar-refractivity contribution < 1.29 is 9.59 Å². The van der Waals surface area contributed by atoms with Crippen LogP contribution in [0.5, 0.6) is 0 Å². The van der Waals surface area contributed by atoms with Crippen LogP contribution in [0, 0.1) is 0 Å². The fourth-order valence-electron chi connectivity index (χ4n) is 1.93. The Hall–Kier alpha value is -1.10. The highest BCUT2D eigenvalue weighted by Gasteiger charge is 2.21. The molecule has 0 aliphatic heterocycles. The van der Waals surface area contributed by atoms with Gasteiger partial charge < -0.3 is 5.32 Å². The quantitative estimate of drug-likeness (QED) is 0.709. The van der Waals surface area contributed by atoms with E-state index >= 15 is 0 Å². The molecule has 15 heavy (non-hydrogen) atoms. The number of likely N-dealkylation sites (N-methyl/N-ethyl adjacent to an activating group) is 1. The van der Waals surface area contributed by atoms with E-state index in [4.69, 9.17) is 0 Å². The van der Waals surface area contributed by atoms with Gasteiger partial charge >= 0.3 is 6.03 Å². The molecule has 5 heteroatoms. The molecule has 0 unspecified atom stereocenters. The van der Waals surface area contributed by atoms with Gasteiger partial charge in [0, 0.05) is 13.1 Å². The third-order valence-corrected chi connectivity index (χ3v) is 2.82. The molecule has 0 spiro atoms. The van der Waals surface area contributed by atoms with Crippen LogP contribution in [-0.4, -0.2) is 43.5 Å². The first-order valence-corrected chi connectivity index (χ1v) is 5.35. The summed E-state index contributed by atoms with van der Waals surface area (Å²) in [6.45, 7) is 0.290. The number of carbonyl (C=O) groups is 2. The molecular weight excluding hydrogens is 194 g/mol. The van der Waals surface area contributed by atoms with E-state index in [2.05, 4.69) is 10.6 Å². The number of carbonyl (C=O) groups excluding carboxylic acids is 2. The fraction of sp³-hybridized carbons (Fsp3) is 0.800. The maximum Gasteiger partial charge on any atom is 0.321 e. The molecule has 86 valence electrons. The lowest BCUT2D eigenvalue weighted by Crippen LogP contribution is -2.44. The van der Waals surface area contributed by atoms with Gasteiger partial charge in [0.25, 0.3) is 0 Å². The number of amides is 3. The molecular formula is C10H19N3O2. The van der Waals surface area contributed by atoms with Gasteiger partial charge in [0.05, 0.1) is 6.54 Å². The van der Waals surface area contributed by atoms with E-state index in [1.807, 2.05) is 11.9 Å². The lowest BCUT2D eigenvalue weighted by Gasteiger charge is -2.22. The minimum atomic E-state index is -0.445. The number of hydrogen-bond donors (Lipinski definition) is 2. The third kappa shape index (κ3) is 3.87. The van der Waals surface area contributed by atoms with Gasteiger partial charge in [-0.25, -0.2) is 4.79 Å². The molecule has 0 radical (unpaired) electrons. The highest BCUT2D eigenvalue weighted by atomic mass is 16.2. The minimum absolute atomic E-state index is 0.247. The monoisotopic (exact) mass is 213 g/mol. The average molecular weight is 213 g/mol. The van der Waals surface area contributed by atoms with Crippen LogP contribution in [0.1, 0.15) is 25.7 Å². The van der Waals surface area contributed by atoms with E-state index in [0.717, 1.165) is 12.8 Å². The summed E-state index contributed by atoms with van der Waals surface area (Å²) < 4.78 is 0. The summed E-state index contributed by atoms with van der Waals surface area (Å²) in [7, 11) is 3.42. The van der Waals surface area contributed by atoms with Crippen molar-refractivity contribution >= 4 is 11.9 Å². The summed E-state index contributed by atoms with van der Waals surface area (Å²) >= 11 is 0. The Morgan fingerprint density at radius 3 is 2.47 bits per heavy atom. The number of imide groups is 1. The zero-order valence-electron chi connectivity index (χ0n) is 9.38. The Balaban J connectivity index is 2.27. The number of nitrogens with zero attached hydrogens (tertiary/aromatic N) is 1. The molecule has 3 amide bonds. The summed E-state index contributed by atoms with van der Waals surface area (Å²) in [6, 6.07) is 0.0558. The molecule has 0 heterocycles. The van der Waals surface area contributed by atoms with Gasteiger partial charge in [0.1, 0.15) is 0 Å². The summed E-state index contributed by atoms with van der Waals surface area (Å²) in [5, 5.41) is 4.60. The van der Waals surface area contributed by atoms with E-state index in [1.54, 1.807) is 0 Å². The van der Waals surface area contributed by atoms with E-state index in [1.165, 1.54) is 19.9 Å². The van der Waals surface area contributed by atoms with Crippen LogP contribution in [0.4, 0.5) is 4.79 Å². The zero-order valence-corrected chi connectivity index (χ0v) is 9.38. The van der Waals surface area contributed by atoms with Crippen molar-refractivity contribution in [3.05, 3.63) is 0 Å². The van der Waals surface area contributed by atoms with Crippen LogP contribution >= 0.6 is 0 Å². The number of hydrogen-bond acceptors (Lipinski definition) is 3. The highest BCUT2D eigenvalue weighted by Crippen LogP contribution is 2.21. The van der Waals surface area contributed by atoms with E-state index in [-0.39, 0.29) is 12.5 Å². The average Bonchev–Trinajstić information content (AvgIpc) is 2.70. The van der Waals surface area contributed by atoms with Crippen molar-refractivity contribution in [2.75, 3.05) is 20.6 Å². The van der Waals surface area contributed by atoms with Crippen LogP contribution in [0.25, 0.3) is 0 Å². The van der Waals surface area contributed by atoms with Gasteiger partial charge in [0.15, 0.2) is 0 Å². The lowest BCUT2D eigenvalue weighted by molar-refractivity contribution is -0.121. The number of nitrogens with one attached hydrogen (secondary N) is 2. The second kappa shape index (κ2) is 5.70. The first-order chi connectivity index (χ1) is 7.13. The normalized spacial score (nSPS) is 16.7. The predicted molar refractivity (Wildman–Crippen MR) is 57.5 cm³/mol. The van der Waals surface area contributed by atoms with Crippen LogP contribution in [0.2, 0.25) is 0 Å². The van der Waals surface area contributed by atoms with Crippen LogP contribution in [0.15, 0.2) is 0 Å². The fourth-order valence-corrected chi connectivity index (χ4v) is 1.93. The Morgan fingerprint density at radius 1 is 1.33 bits per heavy atom. The summed E-state index contributed by atoms with van der Waals surface area (Å²) in [5.41, 5.74) is 0.